The molecule has 0 spiro atoms. The first-order valence-electron chi connectivity index (χ1n) is 5.92. The molecule has 0 radical (unpaired) electrons. The molecule has 1 heterocycles. The maximum Gasteiger partial charge on any atom is 0.243 e. The lowest BCUT2D eigenvalue weighted by molar-refractivity contribution is 0.393. The number of nitriles is 1. The molecule has 1 aliphatic heterocycles. The average molecular weight is 336 g/mol. The molecular weight excluding hydrogens is 321 g/mol. The van der Waals surface area contributed by atoms with E-state index in [2.05, 4.69) is 0 Å². The Kier molecular flexibility index (Phi) is 5.80. The van der Waals surface area contributed by atoms with Gasteiger partial charge in [0, 0.05) is 19.1 Å². The summed E-state index contributed by atoms with van der Waals surface area (Å²) in [6.45, 7) is 0.783. The standard InChI is InChI=1S/C12H14ClN3O2S.ClH/c13-12-6-11(4-3-9(12)7-14)19(17,18)16-5-1-2-10(16)8-15;/h3-4,6,10H,1-2,5,8,15H2;1H. The molecule has 1 aromatic carbocycles. The highest BCUT2D eigenvalue weighted by atomic mass is 35.5. The topological polar surface area (TPSA) is 87.2 Å². The molecule has 2 rings (SSSR count). The second-order valence-electron chi connectivity index (χ2n) is 4.40. The molecular formula is C12H15Cl2N3O2S. The van der Waals surface area contributed by atoms with Gasteiger partial charge in [-0.15, -0.1) is 12.4 Å². The lowest BCUT2D eigenvalue weighted by atomic mass is 10.2. The summed E-state index contributed by atoms with van der Waals surface area (Å²) in [5.74, 6) is 0. The number of sulfonamides is 1. The maximum absolute atomic E-state index is 12.5. The van der Waals surface area contributed by atoms with Gasteiger partial charge in [-0.1, -0.05) is 11.6 Å². The Balaban J connectivity index is 0.00000200. The van der Waals surface area contributed by atoms with E-state index in [1.807, 2.05) is 6.07 Å². The van der Waals surface area contributed by atoms with Crippen molar-refractivity contribution >= 4 is 34.0 Å². The van der Waals surface area contributed by atoms with Crippen molar-refractivity contribution in [2.75, 3.05) is 13.1 Å². The summed E-state index contributed by atoms with van der Waals surface area (Å²) >= 11 is 5.88. The molecule has 20 heavy (non-hydrogen) atoms. The van der Waals surface area contributed by atoms with Gasteiger partial charge in [0.2, 0.25) is 10.0 Å². The third-order valence-electron chi connectivity index (χ3n) is 3.26. The minimum atomic E-state index is -3.59. The highest BCUT2D eigenvalue weighted by Gasteiger charge is 2.34. The molecule has 0 amide bonds. The van der Waals surface area contributed by atoms with Crippen LogP contribution in [0.15, 0.2) is 23.1 Å². The van der Waals surface area contributed by atoms with E-state index >= 15 is 0 Å². The predicted octanol–water partition coefficient (Wildman–Crippen LogP) is 1.75. The molecule has 1 aliphatic rings. The van der Waals surface area contributed by atoms with Crippen LogP contribution in [0.4, 0.5) is 0 Å². The summed E-state index contributed by atoms with van der Waals surface area (Å²) in [4.78, 5) is 0.108. The van der Waals surface area contributed by atoms with E-state index in [1.165, 1.54) is 22.5 Å². The van der Waals surface area contributed by atoms with Gasteiger partial charge in [-0.05, 0) is 31.0 Å². The molecule has 8 heteroatoms. The SMILES string of the molecule is Cl.N#Cc1ccc(S(=O)(=O)N2CCCC2CN)cc1Cl. The number of nitrogens with two attached hydrogens (primary N) is 1. The van der Waals surface area contributed by atoms with E-state index in [9.17, 15) is 8.42 Å². The number of rotatable bonds is 3. The normalized spacial score (nSPS) is 19.4. The highest BCUT2D eigenvalue weighted by Crippen LogP contribution is 2.28. The highest BCUT2D eigenvalue weighted by molar-refractivity contribution is 7.89. The van der Waals surface area contributed by atoms with Crippen molar-refractivity contribution in [3.8, 4) is 6.07 Å². The number of halogens is 2. The summed E-state index contributed by atoms with van der Waals surface area (Å²) in [6, 6.07) is 5.90. The van der Waals surface area contributed by atoms with Crippen molar-refractivity contribution in [2.45, 2.75) is 23.8 Å². The first-order valence-corrected chi connectivity index (χ1v) is 7.74. The van der Waals surface area contributed by atoms with Crippen LogP contribution in [0.25, 0.3) is 0 Å². The number of nitrogens with zero attached hydrogens (tertiary/aromatic N) is 2. The van der Waals surface area contributed by atoms with Gasteiger partial charge in [-0.3, -0.25) is 0 Å². The fourth-order valence-electron chi connectivity index (χ4n) is 2.24. The van der Waals surface area contributed by atoms with Crippen LogP contribution in [-0.2, 0) is 10.0 Å². The minimum Gasteiger partial charge on any atom is -0.329 e. The zero-order chi connectivity index (χ0) is 14.0. The Morgan fingerprint density at radius 3 is 2.75 bits per heavy atom. The average Bonchev–Trinajstić information content (AvgIpc) is 2.87. The summed E-state index contributed by atoms with van der Waals surface area (Å²) in [6.07, 6.45) is 1.59. The van der Waals surface area contributed by atoms with E-state index in [4.69, 9.17) is 22.6 Å². The second kappa shape index (κ2) is 6.74. The fourth-order valence-corrected chi connectivity index (χ4v) is 4.26. The Labute approximate surface area is 129 Å². The van der Waals surface area contributed by atoms with Crippen LogP contribution in [0.5, 0.6) is 0 Å². The fraction of sp³-hybridized carbons (Fsp3) is 0.417. The van der Waals surface area contributed by atoms with Gasteiger partial charge < -0.3 is 5.73 Å². The van der Waals surface area contributed by atoms with Crippen molar-refractivity contribution in [3.63, 3.8) is 0 Å². The molecule has 2 N–H and O–H groups in total. The van der Waals surface area contributed by atoms with E-state index in [0.29, 0.717) is 13.1 Å². The Morgan fingerprint density at radius 2 is 2.20 bits per heavy atom. The zero-order valence-corrected chi connectivity index (χ0v) is 13.0. The molecule has 1 aromatic rings. The van der Waals surface area contributed by atoms with Gasteiger partial charge >= 0.3 is 0 Å². The van der Waals surface area contributed by atoms with E-state index in [-0.39, 0.29) is 33.9 Å². The molecule has 1 saturated heterocycles. The van der Waals surface area contributed by atoms with Crippen LogP contribution in [0, 0.1) is 11.3 Å². The number of hydrogen-bond acceptors (Lipinski definition) is 4. The third-order valence-corrected chi connectivity index (χ3v) is 5.52. The quantitative estimate of drug-likeness (QED) is 0.911. The van der Waals surface area contributed by atoms with E-state index in [0.717, 1.165) is 12.8 Å². The molecule has 1 atom stereocenters. The molecule has 110 valence electrons. The van der Waals surface area contributed by atoms with Gasteiger partial charge in [0.05, 0.1) is 15.5 Å². The molecule has 0 aromatic heterocycles. The third kappa shape index (κ3) is 3.08. The van der Waals surface area contributed by atoms with Crippen molar-refractivity contribution in [3.05, 3.63) is 28.8 Å². The number of hydrogen-bond donors (Lipinski definition) is 1. The van der Waals surface area contributed by atoms with Crippen LogP contribution in [0.2, 0.25) is 5.02 Å². The van der Waals surface area contributed by atoms with Crippen LogP contribution in [0.3, 0.4) is 0 Å². The van der Waals surface area contributed by atoms with E-state index in [1.54, 1.807) is 0 Å². The largest absolute Gasteiger partial charge is 0.329 e. The van der Waals surface area contributed by atoms with Crippen LogP contribution in [-0.4, -0.2) is 31.9 Å². The van der Waals surface area contributed by atoms with Gasteiger partial charge in [0.1, 0.15) is 6.07 Å². The monoisotopic (exact) mass is 335 g/mol. The van der Waals surface area contributed by atoms with Crippen molar-refractivity contribution in [1.29, 1.82) is 5.26 Å². The zero-order valence-electron chi connectivity index (χ0n) is 10.6. The second-order valence-corrected chi connectivity index (χ2v) is 6.70. The molecule has 1 fully saturated rings. The van der Waals surface area contributed by atoms with Crippen molar-refractivity contribution in [1.82, 2.24) is 4.31 Å². The Morgan fingerprint density at radius 1 is 1.50 bits per heavy atom. The van der Waals surface area contributed by atoms with Gasteiger partial charge in [0.15, 0.2) is 0 Å². The van der Waals surface area contributed by atoms with Crippen LogP contribution in [0.1, 0.15) is 18.4 Å². The smallest absolute Gasteiger partial charge is 0.243 e. The van der Waals surface area contributed by atoms with Gasteiger partial charge in [-0.25, -0.2) is 8.42 Å². The van der Waals surface area contributed by atoms with Crippen LogP contribution >= 0.6 is 24.0 Å². The molecule has 0 aliphatic carbocycles. The molecule has 1 unspecified atom stereocenters. The van der Waals surface area contributed by atoms with Gasteiger partial charge in [-0.2, -0.15) is 9.57 Å². The lowest BCUT2D eigenvalue weighted by Gasteiger charge is -2.22. The Bertz CT molecular complexity index is 628. The predicted molar refractivity (Wildman–Crippen MR) is 79.4 cm³/mol. The summed E-state index contributed by atoms with van der Waals surface area (Å²) in [5, 5.41) is 8.94. The maximum atomic E-state index is 12.5. The summed E-state index contributed by atoms with van der Waals surface area (Å²) < 4.78 is 26.4. The number of benzene rings is 1. The van der Waals surface area contributed by atoms with Gasteiger partial charge in [0.25, 0.3) is 0 Å². The molecule has 5 nitrogen and oxygen atoms in total. The first kappa shape index (κ1) is 17.2. The van der Waals surface area contributed by atoms with Crippen molar-refractivity contribution < 1.29 is 8.42 Å². The van der Waals surface area contributed by atoms with E-state index < -0.39 is 10.0 Å². The van der Waals surface area contributed by atoms with Crippen molar-refractivity contribution in [2.24, 2.45) is 5.73 Å². The minimum absolute atomic E-state index is 0. The Hall–Kier alpha value is -0.840. The molecule has 0 saturated carbocycles. The first-order chi connectivity index (χ1) is 9.00. The summed E-state index contributed by atoms with van der Waals surface area (Å²) in [5.41, 5.74) is 5.86. The lowest BCUT2D eigenvalue weighted by Crippen LogP contribution is -2.39. The molecule has 0 bridgehead atoms. The summed E-state index contributed by atoms with van der Waals surface area (Å²) in [7, 11) is -3.59. The van der Waals surface area contributed by atoms with Crippen LogP contribution < -0.4 is 5.73 Å².